The number of carbonyl (C=O) groups excluding carboxylic acids is 1. The first-order valence-corrected chi connectivity index (χ1v) is 11.7. The second kappa shape index (κ2) is 8.38. The van der Waals surface area contributed by atoms with E-state index in [-0.39, 0.29) is 16.6 Å². The fourth-order valence-corrected chi connectivity index (χ4v) is 5.74. The monoisotopic (exact) mass is 466 g/mol. The lowest BCUT2D eigenvalue weighted by Gasteiger charge is -2.22. The highest BCUT2D eigenvalue weighted by Crippen LogP contribution is 2.30. The predicted octanol–water partition coefficient (Wildman–Crippen LogP) is 3.79. The molecule has 7 nitrogen and oxygen atoms in total. The Labute approximate surface area is 181 Å². The molecule has 1 saturated heterocycles. The maximum Gasteiger partial charge on any atom is 0.244 e. The van der Waals surface area contributed by atoms with Crippen LogP contribution in [-0.2, 0) is 14.8 Å². The Hall–Kier alpha value is -2.40. The number of anilines is 1. The van der Waals surface area contributed by atoms with Gasteiger partial charge in [0, 0.05) is 17.1 Å². The number of aromatic nitrogens is 2. The van der Waals surface area contributed by atoms with Gasteiger partial charge in [0.1, 0.15) is 16.9 Å². The molecule has 2 aromatic carbocycles. The number of nitrogens with one attached hydrogen (secondary N) is 1. The van der Waals surface area contributed by atoms with E-state index >= 15 is 0 Å². The molecular weight excluding hydrogens is 451 g/mol. The highest BCUT2D eigenvalue weighted by Gasteiger charge is 2.39. The molecule has 1 aliphatic heterocycles. The Bertz CT molecular complexity index is 1170. The van der Waals surface area contributed by atoms with Crippen LogP contribution in [0.5, 0.6) is 0 Å². The summed E-state index contributed by atoms with van der Waals surface area (Å²) in [6.45, 7) is 0.212. The second-order valence-electron chi connectivity index (χ2n) is 6.64. The Morgan fingerprint density at radius 2 is 1.83 bits per heavy atom. The number of nitrogens with zero attached hydrogens (tertiary/aromatic N) is 3. The van der Waals surface area contributed by atoms with E-state index in [0.29, 0.717) is 22.9 Å². The van der Waals surface area contributed by atoms with Crippen molar-refractivity contribution in [3.8, 4) is 10.6 Å². The Morgan fingerprint density at radius 3 is 2.53 bits per heavy atom. The lowest BCUT2D eigenvalue weighted by atomic mass is 10.2. The number of hydrogen-bond acceptors (Lipinski definition) is 6. The maximum atomic E-state index is 13.2. The van der Waals surface area contributed by atoms with Crippen molar-refractivity contribution in [2.24, 2.45) is 0 Å². The summed E-state index contributed by atoms with van der Waals surface area (Å²) in [5.74, 6) is -1.01. The molecule has 1 aromatic heterocycles. The van der Waals surface area contributed by atoms with Crippen LogP contribution in [0.1, 0.15) is 12.8 Å². The van der Waals surface area contributed by atoms with Crippen LogP contribution in [0.3, 0.4) is 0 Å². The van der Waals surface area contributed by atoms with Crippen molar-refractivity contribution in [2.45, 2.75) is 23.8 Å². The number of rotatable bonds is 5. The van der Waals surface area contributed by atoms with Gasteiger partial charge in [0.15, 0.2) is 0 Å². The summed E-state index contributed by atoms with van der Waals surface area (Å²) in [5.41, 5.74) is 0.804. The van der Waals surface area contributed by atoms with E-state index in [1.54, 1.807) is 24.3 Å². The lowest BCUT2D eigenvalue weighted by molar-refractivity contribution is -0.119. The van der Waals surface area contributed by atoms with Crippen LogP contribution in [0, 0.1) is 5.82 Å². The van der Waals surface area contributed by atoms with Gasteiger partial charge in [0.05, 0.1) is 4.90 Å². The van der Waals surface area contributed by atoms with Crippen LogP contribution in [-0.4, -0.2) is 41.4 Å². The molecule has 1 aliphatic rings. The van der Waals surface area contributed by atoms with Gasteiger partial charge >= 0.3 is 0 Å². The third kappa shape index (κ3) is 4.22. The Morgan fingerprint density at radius 1 is 1.13 bits per heavy atom. The molecule has 0 saturated carbocycles. The van der Waals surface area contributed by atoms with E-state index in [4.69, 9.17) is 11.6 Å². The molecular formula is C19H16ClFN4O3S2. The zero-order chi connectivity index (χ0) is 21.3. The average molecular weight is 467 g/mol. The predicted molar refractivity (Wildman–Crippen MR) is 112 cm³/mol. The fraction of sp³-hybridized carbons (Fsp3) is 0.211. The summed E-state index contributed by atoms with van der Waals surface area (Å²) in [5, 5.41) is 12.2. The number of halogens is 2. The van der Waals surface area contributed by atoms with Gasteiger partial charge in [-0.15, -0.1) is 10.2 Å². The summed E-state index contributed by atoms with van der Waals surface area (Å²) in [7, 11) is -3.92. The van der Waals surface area contributed by atoms with Crippen molar-refractivity contribution >= 4 is 44.0 Å². The van der Waals surface area contributed by atoms with Crippen molar-refractivity contribution in [1.82, 2.24) is 14.5 Å². The first kappa shape index (κ1) is 20.9. The minimum absolute atomic E-state index is 0.0514. The molecule has 0 aliphatic carbocycles. The summed E-state index contributed by atoms with van der Waals surface area (Å²) >= 11 is 7.07. The first-order chi connectivity index (χ1) is 14.3. The standard InChI is InChI=1S/C19H16ClFN4O3S2/c20-13-5-3-12(4-6-13)18-23-24-19(29-18)22-17(26)16-2-1-11-25(16)30(27,28)15-9-7-14(21)8-10-15/h3-10,16H,1-2,11H2,(H,22,24,26). The molecule has 3 aromatic rings. The van der Waals surface area contributed by atoms with Crippen molar-refractivity contribution in [2.75, 3.05) is 11.9 Å². The molecule has 0 spiro atoms. The van der Waals surface area contributed by atoms with Gasteiger partial charge in [0.2, 0.25) is 21.1 Å². The van der Waals surface area contributed by atoms with Crippen LogP contribution < -0.4 is 5.32 Å². The largest absolute Gasteiger partial charge is 0.299 e. The molecule has 2 heterocycles. The number of hydrogen-bond donors (Lipinski definition) is 1. The van der Waals surface area contributed by atoms with Crippen LogP contribution in [0.2, 0.25) is 5.02 Å². The summed E-state index contributed by atoms with van der Waals surface area (Å²) in [6.07, 6.45) is 0.930. The van der Waals surface area contributed by atoms with Gasteiger partial charge in [-0.05, 0) is 49.2 Å². The Kier molecular flexibility index (Phi) is 5.83. The maximum absolute atomic E-state index is 13.2. The molecule has 4 rings (SSSR count). The second-order valence-corrected chi connectivity index (χ2v) is 9.94. The van der Waals surface area contributed by atoms with Crippen molar-refractivity contribution in [3.05, 3.63) is 59.4 Å². The van der Waals surface area contributed by atoms with Crippen molar-refractivity contribution in [3.63, 3.8) is 0 Å². The zero-order valence-electron chi connectivity index (χ0n) is 15.5. The minimum Gasteiger partial charge on any atom is -0.299 e. The molecule has 11 heteroatoms. The van der Waals surface area contributed by atoms with Gasteiger partial charge in [-0.1, -0.05) is 35.1 Å². The number of carbonyl (C=O) groups is 1. The number of benzene rings is 2. The van der Waals surface area contributed by atoms with E-state index < -0.39 is 27.8 Å². The van der Waals surface area contributed by atoms with Gasteiger partial charge in [0.25, 0.3) is 0 Å². The summed E-state index contributed by atoms with van der Waals surface area (Å²) in [4.78, 5) is 12.7. The van der Waals surface area contributed by atoms with E-state index in [9.17, 15) is 17.6 Å². The third-order valence-electron chi connectivity index (χ3n) is 4.67. The SMILES string of the molecule is O=C(Nc1nnc(-c2ccc(Cl)cc2)s1)C1CCCN1S(=O)(=O)c1ccc(F)cc1. The summed E-state index contributed by atoms with van der Waals surface area (Å²) < 4.78 is 40.1. The Balaban J connectivity index is 1.50. The lowest BCUT2D eigenvalue weighted by Crippen LogP contribution is -2.43. The molecule has 1 N–H and O–H groups in total. The molecule has 30 heavy (non-hydrogen) atoms. The van der Waals surface area contributed by atoms with Crippen LogP contribution in [0.25, 0.3) is 10.6 Å². The highest BCUT2D eigenvalue weighted by molar-refractivity contribution is 7.89. The molecule has 1 atom stereocenters. The normalized spacial score (nSPS) is 17.2. The molecule has 1 unspecified atom stereocenters. The molecule has 0 radical (unpaired) electrons. The van der Waals surface area contributed by atoms with E-state index in [1.807, 2.05) is 0 Å². The first-order valence-electron chi connectivity index (χ1n) is 9.02. The van der Waals surface area contributed by atoms with Gasteiger partial charge < -0.3 is 0 Å². The third-order valence-corrected chi connectivity index (χ3v) is 7.74. The minimum atomic E-state index is -3.92. The molecule has 156 valence electrons. The molecule has 1 fully saturated rings. The quantitative estimate of drug-likeness (QED) is 0.617. The van der Waals surface area contributed by atoms with E-state index in [0.717, 1.165) is 22.0 Å². The highest BCUT2D eigenvalue weighted by atomic mass is 35.5. The van der Waals surface area contributed by atoms with Crippen LogP contribution in [0.15, 0.2) is 53.4 Å². The van der Waals surface area contributed by atoms with Gasteiger partial charge in [-0.25, -0.2) is 12.8 Å². The van der Waals surface area contributed by atoms with E-state index in [2.05, 4.69) is 15.5 Å². The smallest absolute Gasteiger partial charge is 0.244 e. The van der Waals surface area contributed by atoms with Crippen LogP contribution >= 0.6 is 22.9 Å². The molecule has 0 bridgehead atoms. The van der Waals surface area contributed by atoms with Crippen molar-refractivity contribution in [1.29, 1.82) is 0 Å². The van der Waals surface area contributed by atoms with Gasteiger partial charge in [-0.3, -0.25) is 10.1 Å². The topological polar surface area (TPSA) is 92.3 Å². The molecule has 1 amide bonds. The zero-order valence-corrected chi connectivity index (χ0v) is 17.8. The number of amides is 1. The van der Waals surface area contributed by atoms with Crippen molar-refractivity contribution < 1.29 is 17.6 Å². The summed E-state index contributed by atoms with van der Waals surface area (Å²) in [6, 6.07) is 10.7. The van der Waals surface area contributed by atoms with Gasteiger partial charge in [-0.2, -0.15) is 4.31 Å². The van der Waals surface area contributed by atoms with E-state index in [1.165, 1.54) is 23.5 Å². The number of sulfonamides is 1. The fourth-order valence-electron chi connectivity index (χ4n) is 3.20. The van der Waals surface area contributed by atoms with Crippen LogP contribution in [0.4, 0.5) is 9.52 Å². The average Bonchev–Trinajstić information content (AvgIpc) is 3.39.